The van der Waals surface area contributed by atoms with Crippen molar-refractivity contribution in [3.8, 4) is 5.75 Å². The summed E-state index contributed by atoms with van der Waals surface area (Å²) in [5.74, 6) is 0.0797. The minimum atomic E-state index is -0.873. The fraction of sp³-hybridized carbons (Fsp3) is 0.286. The lowest BCUT2D eigenvalue weighted by Gasteiger charge is -2.29. The first-order chi connectivity index (χ1) is 17.9. The van der Waals surface area contributed by atoms with E-state index in [0.29, 0.717) is 30.2 Å². The van der Waals surface area contributed by atoms with Gasteiger partial charge in [-0.1, -0.05) is 42.5 Å². The van der Waals surface area contributed by atoms with E-state index in [0.717, 1.165) is 28.9 Å². The van der Waals surface area contributed by atoms with Gasteiger partial charge in [0.2, 0.25) is 5.91 Å². The highest BCUT2D eigenvalue weighted by Crippen LogP contribution is 2.35. The van der Waals surface area contributed by atoms with Gasteiger partial charge in [-0.2, -0.15) is 12.6 Å². The van der Waals surface area contributed by atoms with Crippen molar-refractivity contribution in [2.24, 2.45) is 11.5 Å². The van der Waals surface area contributed by atoms with Gasteiger partial charge in [0.05, 0.1) is 12.2 Å². The van der Waals surface area contributed by atoms with Crippen molar-refractivity contribution in [2.75, 3.05) is 24.2 Å². The molecule has 1 aliphatic heterocycles. The Balaban J connectivity index is 1.43. The lowest BCUT2D eigenvalue weighted by Crippen LogP contribution is -2.46. The van der Waals surface area contributed by atoms with Crippen LogP contribution in [0.4, 0.5) is 11.4 Å². The first-order valence-corrected chi connectivity index (χ1v) is 12.9. The standard InChI is InChI=1S/C28H33N5O3S/c29-19(17-37)16-31-24-13-14-36-26-22(24)7-4-8-23(26)28(35)33-25(27(30)34)15-18-9-11-21(12-10-18)32-20-5-2-1-3-6-20/h1-12,19,24-25,31-32,37H,13-17,29H2,(H2,30,34)(H,33,35)/t19-,24?,25+/m1/s1. The summed E-state index contributed by atoms with van der Waals surface area (Å²) in [5.41, 5.74) is 15.7. The van der Waals surface area contributed by atoms with E-state index in [9.17, 15) is 9.59 Å². The number of rotatable bonds is 11. The number of nitrogens with two attached hydrogens (primary N) is 2. The third-order valence-corrected chi connectivity index (χ3v) is 6.75. The Morgan fingerprint density at radius 1 is 1.00 bits per heavy atom. The minimum absolute atomic E-state index is 0.0115. The van der Waals surface area contributed by atoms with Crippen molar-refractivity contribution in [3.63, 3.8) is 0 Å². The maximum Gasteiger partial charge on any atom is 0.255 e. The van der Waals surface area contributed by atoms with Crippen molar-refractivity contribution in [2.45, 2.75) is 31.0 Å². The van der Waals surface area contributed by atoms with Crippen molar-refractivity contribution in [1.29, 1.82) is 0 Å². The minimum Gasteiger partial charge on any atom is -0.492 e. The summed E-state index contributed by atoms with van der Waals surface area (Å²) < 4.78 is 5.89. The van der Waals surface area contributed by atoms with Gasteiger partial charge in [-0.25, -0.2) is 0 Å². The lowest BCUT2D eigenvalue weighted by molar-refractivity contribution is -0.119. The van der Waals surface area contributed by atoms with Crippen LogP contribution in [0, 0.1) is 0 Å². The van der Waals surface area contributed by atoms with Gasteiger partial charge in [-0.05, 0) is 35.9 Å². The van der Waals surface area contributed by atoms with E-state index in [2.05, 4.69) is 28.6 Å². The number of hydrogen-bond donors (Lipinski definition) is 6. The van der Waals surface area contributed by atoms with E-state index < -0.39 is 17.9 Å². The van der Waals surface area contributed by atoms with Gasteiger partial charge in [0.15, 0.2) is 0 Å². The molecule has 0 fully saturated rings. The molecule has 9 heteroatoms. The number of thiol groups is 1. The van der Waals surface area contributed by atoms with Gasteiger partial charge in [0.1, 0.15) is 11.8 Å². The van der Waals surface area contributed by atoms with Gasteiger partial charge in [-0.3, -0.25) is 9.59 Å². The Labute approximate surface area is 222 Å². The van der Waals surface area contributed by atoms with Gasteiger partial charge >= 0.3 is 0 Å². The zero-order valence-electron chi connectivity index (χ0n) is 20.5. The number of para-hydroxylation sites is 2. The molecule has 8 nitrogen and oxygen atoms in total. The molecule has 4 rings (SSSR count). The molecule has 0 radical (unpaired) electrons. The van der Waals surface area contributed by atoms with Gasteiger partial charge in [-0.15, -0.1) is 0 Å². The number of amides is 2. The summed E-state index contributed by atoms with van der Waals surface area (Å²) in [6, 6.07) is 22.0. The van der Waals surface area contributed by atoms with Crippen LogP contribution < -0.4 is 32.2 Å². The highest BCUT2D eigenvalue weighted by Gasteiger charge is 2.28. The predicted octanol–water partition coefficient (Wildman–Crippen LogP) is 2.93. The lowest BCUT2D eigenvalue weighted by atomic mass is 9.96. The van der Waals surface area contributed by atoms with Crippen molar-refractivity contribution in [1.82, 2.24) is 10.6 Å². The topological polar surface area (TPSA) is 132 Å². The molecule has 0 spiro atoms. The summed E-state index contributed by atoms with van der Waals surface area (Å²) in [7, 11) is 0. The van der Waals surface area contributed by atoms with Crippen LogP contribution in [0.25, 0.3) is 0 Å². The molecule has 1 heterocycles. The average molecular weight is 520 g/mol. The van der Waals surface area contributed by atoms with Crippen molar-refractivity contribution in [3.05, 3.63) is 89.5 Å². The molecule has 1 unspecified atom stereocenters. The number of ether oxygens (including phenoxy) is 1. The second-order valence-electron chi connectivity index (χ2n) is 9.09. The largest absolute Gasteiger partial charge is 0.492 e. The maximum absolute atomic E-state index is 13.2. The maximum atomic E-state index is 13.2. The van der Waals surface area contributed by atoms with Gasteiger partial charge in [0, 0.05) is 54.2 Å². The third-order valence-electron chi connectivity index (χ3n) is 6.28. The molecule has 0 bridgehead atoms. The average Bonchev–Trinajstić information content (AvgIpc) is 2.92. The number of nitrogens with one attached hydrogen (secondary N) is 3. The molecule has 0 saturated carbocycles. The number of hydrogen-bond acceptors (Lipinski definition) is 7. The molecule has 0 aliphatic carbocycles. The summed E-state index contributed by atoms with van der Waals surface area (Å²) in [4.78, 5) is 25.5. The van der Waals surface area contributed by atoms with E-state index >= 15 is 0 Å². The SMILES string of the molecule is NC(=O)[C@H](Cc1ccc(Nc2ccccc2)cc1)NC(=O)c1cccc2c1OCCC2NC[C@@H](N)CS. The monoisotopic (exact) mass is 519 g/mol. The Morgan fingerprint density at radius 3 is 2.43 bits per heavy atom. The molecule has 1 aliphatic rings. The highest BCUT2D eigenvalue weighted by atomic mass is 32.1. The van der Waals surface area contributed by atoms with Crippen LogP contribution in [0.3, 0.4) is 0 Å². The Kier molecular flexibility index (Phi) is 9.05. The van der Waals surface area contributed by atoms with E-state index in [4.69, 9.17) is 16.2 Å². The zero-order valence-corrected chi connectivity index (χ0v) is 21.4. The van der Waals surface area contributed by atoms with Crippen molar-refractivity contribution < 1.29 is 14.3 Å². The van der Waals surface area contributed by atoms with E-state index in [-0.39, 0.29) is 18.5 Å². The molecule has 3 atom stereocenters. The number of anilines is 2. The fourth-order valence-electron chi connectivity index (χ4n) is 4.28. The van der Waals surface area contributed by atoms with Crippen molar-refractivity contribution >= 4 is 35.8 Å². The number of benzene rings is 3. The van der Waals surface area contributed by atoms with Crippen LogP contribution in [0.15, 0.2) is 72.8 Å². The summed E-state index contributed by atoms with van der Waals surface area (Å²) in [5, 5.41) is 9.56. The number of primary amides is 1. The number of fused-ring (bicyclic) bond motifs is 1. The molecule has 0 saturated heterocycles. The Bertz CT molecular complexity index is 1210. The molecular formula is C28H33N5O3S. The van der Waals surface area contributed by atoms with Gasteiger partial charge in [0.25, 0.3) is 5.91 Å². The van der Waals surface area contributed by atoms with E-state index in [1.807, 2.05) is 66.7 Å². The molecule has 3 aromatic carbocycles. The second kappa shape index (κ2) is 12.6. The summed E-state index contributed by atoms with van der Waals surface area (Å²) in [6.45, 7) is 1.07. The zero-order chi connectivity index (χ0) is 26.2. The van der Waals surface area contributed by atoms with Gasteiger partial charge < -0.3 is 32.2 Å². The molecule has 7 N–H and O–H groups in total. The van der Waals surface area contributed by atoms with Crippen LogP contribution in [0.5, 0.6) is 5.75 Å². The smallest absolute Gasteiger partial charge is 0.255 e. The second-order valence-corrected chi connectivity index (χ2v) is 9.45. The molecule has 3 aromatic rings. The molecule has 37 heavy (non-hydrogen) atoms. The van der Waals surface area contributed by atoms with E-state index in [1.54, 1.807) is 6.07 Å². The van der Waals surface area contributed by atoms with Crippen LogP contribution in [-0.4, -0.2) is 42.8 Å². The molecule has 194 valence electrons. The number of carbonyl (C=O) groups is 2. The fourth-order valence-corrected chi connectivity index (χ4v) is 4.41. The van der Waals surface area contributed by atoms with Crippen LogP contribution >= 0.6 is 12.6 Å². The molecule has 0 aromatic heterocycles. The highest BCUT2D eigenvalue weighted by molar-refractivity contribution is 7.80. The van der Waals surface area contributed by atoms with Crippen LogP contribution in [0.2, 0.25) is 0 Å². The van der Waals surface area contributed by atoms with E-state index in [1.165, 1.54) is 0 Å². The Morgan fingerprint density at radius 2 is 1.73 bits per heavy atom. The quantitative estimate of drug-likeness (QED) is 0.216. The third kappa shape index (κ3) is 7.03. The molecule has 2 amide bonds. The molecular weight excluding hydrogens is 486 g/mol. The number of carbonyl (C=O) groups excluding carboxylic acids is 2. The summed E-state index contributed by atoms with van der Waals surface area (Å²) >= 11 is 4.24. The Hall–Kier alpha value is -3.53. The first-order valence-electron chi connectivity index (χ1n) is 12.3. The van der Waals surface area contributed by atoms with Crippen LogP contribution in [0.1, 0.15) is 33.9 Å². The first kappa shape index (κ1) is 26.5. The van der Waals surface area contributed by atoms with Crippen LogP contribution in [-0.2, 0) is 11.2 Å². The normalized spacial score (nSPS) is 16.1. The predicted molar refractivity (Wildman–Crippen MR) is 149 cm³/mol. The summed E-state index contributed by atoms with van der Waals surface area (Å²) in [6.07, 6.45) is 1.03.